The minimum absolute atomic E-state index is 0.522. The largest absolute Gasteiger partial charge is 0.350 e. The Morgan fingerprint density at radius 2 is 1.08 bits per heavy atom. The lowest BCUT2D eigenvalue weighted by molar-refractivity contribution is 0.601. The summed E-state index contributed by atoms with van der Waals surface area (Å²) in [5.41, 5.74) is 16.2. The zero-order valence-corrected chi connectivity index (χ0v) is 24.0. The molecule has 2 aromatic carbocycles. The lowest BCUT2D eigenvalue weighted by atomic mass is 10.1. The molecule has 8 heteroatoms. The quantitative estimate of drug-likeness (QED) is 0.139. The molecule has 0 bridgehead atoms. The average molecular weight is 533 g/mol. The number of hydrogen-bond donors (Lipinski definition) is 4. The van der Waals surface area contributed by atoms with E-state index in [1.807, 2.05) is 24.3 Å². The van der Waals surface area contributed by atoms with Gasteiger partial charge < -0.3 is 27.0 Å². The van der Waals surface area contributed by atoms with Crippen molar-refractivity contribution in [3.8, 4) is 0 Å². The molecule has 3 rings (SSSR count). The second-order valence-corrected chi connectivity index (χ2v) is 10.1. The molecule has 3 aromatic rings. The molecule has 39 heavy (non-hydrogen) atoms. The third-order valence-electron chi connectivity index (χ3n) is 6.83. The number of rotatable bonds is 19. The van der Waals surface area contributed by atoms with Gasteiger partial charge in [0.15, 0.2) is 0 Å². The summed E-state index contributed by atoms with van der Waals surface area (Å²) in [6.07, 6.45) is 9.67. The van der Waals surface area contributed by atoms with Crippen LogP contribution in [-0.2, 0) is 26.2 Å². The van der Waals surface area contributed by atoms with Gasteiger partial charge in [0, 0.05) is 39.3 Å². The van der Waals surface area contributed by atoms with Crippen LogP contribution < -0.4 is 27.0 Å². The van der Waals surface area contributed by atoms with E-state index in [-0.39, 0.29) is 0 Å². The summed E-state index contributed by atoms with van der Waals surface area (Å²) in [5, 5.41) is 6.86. The van der Waals surface area contributed by atoms with Crippen LogP contribution in [0.15, 0.2) is 48.5 Å². The Morgan fingerprint density at radius 1 is 0.615 bits per heavy atom. The molecule has 0 atom stereocenters. The van der Waals surface area contributed by atoms with E-state index >= 15 is 0 Å². The zero-order valence-electron chi connectivity index (χ0n) is 24.0. The summed E-state index contributed by atoms with van der Waals surface area (Å²) >= 11 is 0. The van der Waals surface area contributed by atoms with E-state index in [1.165, 1.54) is 38.5 Å². The van der Waals surface area contributed by atoms with Crippen molar-refractivity contribution in [2.75, 3.05) is 28.6 Å². The van der Waals surface area contributed by atoms with Gasteiger partial charge in [-0.1, -0.05) is 101 Å². The average Bonchev–Trinajstić information content (AvgIpc) is 2.98. The Balaban J connectivity index is 1.82. The molecule has 0 aliphatic rings. The Morgan fingerprint density at radius 3 is 1.51 bits per heavy atom. The van der Waals surface area contributed by atoms with E-state index in [0.717, 1.165) is 54.1 Å². The summed E-state index contributed by atoms with van der Waals surface area (Å²) in [6, 6.07) is 16.6. The Labute approximate surface area is 235 Å². The van der Waals surface area contributed by atoms with E-state index < -0.39 is 0 Å². The summed E-state index contributed by atoms with van der Waals surface area (Å²) in [7, 11) is 0. The van der Waals surface area contributed by atoms with Crippen molar-refractivity contribution in [2.45, 2.75) is 91.4 Å². The van der Waals surface area contributed by atoms with Gasteiger partial charge in [0.1, 0.15) is 0 Å². The van der Waals surface area contributed by atoms with Gasteiger partial charge in [0.05, 0.1) is 0 Å². The maximum Gasteiger partial charge on any atom is 0.231 e. The molecule has 0 saturated heterocycles. The van der Waals surface area contributed by atoms with Gasteiger partial charge in [-0.15, -0.1) is 0 Å². The molecule has 6 N–H and O–H groups in total. The van der Waals surface area contributed by atoms with Crippen LogP contribution in [-0.4, -0.2) is 28.0 Å². The minimum Gasteiger partial charge on any atom is -0.350 e. The molecule has 0 saturated carbocycles. The first kappa shape index (κ1) is 30.3. The van der Waals surface area contributed by atoms with Gasteiger partial charge in [-0.05, 0) is 35.1 Å². The number of anilines is 3. The Hall–Kier alpha value is -3.23. The highest BCUT2D eigenvalue weighted by Gasteiger charge is 2.14. The number of nitrogens with one attached hydrogen (secondary N) is 2. The molecule has 0 radical (unpaired) electrons. The number of nitrogens with zero attached hydrogens (tertiary/aromatic N) is 4. The van der Waals surface area contributed by atoms with Crippen molar-refractivity contribution < 1.29 is 0 Å². The maximum atomic E-state index is 5.84. The van der Waals surface area contributed by atoms with E-state index in [9.17, 15) is 0 Å². The van der Waals surface area contributed by atoms with Crippen LogP contribution in [0.4, 0.5) is 17.8 Å². The molecule has 0 amide bonds. The van der Waals surface area contributed by atoms with Gasteiger partial charge in [-0.3, -0.25) is 0 Å². The SMILES string of the molecule is CCCCCCN(CCCCCC)c1nc(NCc2cccc(CN)c2)nc(NCc2cccc(CN)c2)n1. The van der Waals surface area contributed by atoms with Crippen molar-refractivity contribution in [3.63, 3.8) is 0 Å². The van der Waals surface area contributed by atoms with Gasteiger partial charge in [-0.25, -0.2) is 0 Å². The highest BCUT2D eigenvalue weighted by atomic mass is 15.3. The second kappa shape index (κ2) is 17.4. The number of nitrogens with two attached hydrogens (primary N) is 2. The van der Waals surface area contributed by atoms with Crippen LogP contribution in [0.1, 0.15) is 87.5 Å². The standard InChI is InChI=1S/C31H48N8/c1-3-5-7-9-17-39(18-10-8-6-4-2)31-37-29(34-23-27-15-11-13-25(19-27)21-32)36-30(38-31)35-24-28-16-12-14-26(20-28)22-33/h11-16,19-20H,3-10,17-18,21-24,32-33H2,1-2H3,(H2,34,35,36,37,38). The van der Waals surface area contributed by atoms with Crippen LogP contribution in [0.25, 0.3) is 0 Å². The monoisotopic (exact) mass is 532 g/mol. The third kappa shape index (κ3) is 10.8. The summed E-state index contributed by atoms with van der Waals surface area (Å²) < 4.78 is 0. The van der Waals surface area contributed by atoms with Crippen LogP contribution in [0.3, 0.4) is 0 Å². The Bertz CT molecular complexity index is 1020. The van der Waals surface area contributed by atoms with Crippen LogP contribution in [0.5, 0.6) is 0 Å². The van der Waals surface area contributed by atoms with Crippen molar-refractivity contribution in [3.05, 3.63) is 70.8 Å². The molecular formula is C31H48N8. The maximum absolute atomic E-state index is 5.84. The van der Waals surface area contributed by atoms with E-state index in [0.29, 0.717) is 38.1 Å². The molecular weight excluding hydrogens is 484 g/mol. The molecule has 212 valence electrons. The van der Waals surface area contributed by atoms with Gasteiger partial charge >= 0.3 is 0 Å². The van der Waals surface area contributed by atoms with Gasteiger partial charge in [-0.2, -0.15) is 15.0 Å². The molecule has 8 nitrogen and oxygen atoms in total. The molecule has 0 spiro atoms. The van der Waals surface area contributed by atoms with E-state index in [2.05, 4.69) is 53.6 Å². The first-order valence-electron chi connectivity index (χ1n) is 14.7. The minimum atomic E-state index is 0.522. The molecule has 0 fully saturated rings. The second-order valence-electron chi connectivity index (χ2n) is 10.1. The fraction of sp³-hybridized carbons (Fsp3) is 0.516. The number of hydrogen-bond acceptors (Lipinski definition) is 8. The third-order valence-corrected chi connectivity index (χ3v) is 6.83. The predicted molar refractivity (Wildman–Crippen MR) is 164 cm³/mol. The predicted octanol–water partition coefficient (Wildman–Crippen LogP) is 5.98. The van der Waals surface area contributed by atoms with Crippen LogP contribution in [0, 0.1) is 0 Å². The number of aromatic nitrogens is 3. The van der Waals surface area contributed by atoms with Crippen molar-refractivity contribution >= 4 is 17.8 Å². The number of unbranched alkanes of at least 4 members (excludes halogenated alkanes) is 6. The summed E-state index contributed by atoms with van der Waals surface area (Å²) in [5.74, 6) is 1.88. The normalized spacial score (nSPS) is 11.0. The lowest BCUT2D eigenvalue weighted by Crippen LogP contribution is -2.28. The fourth-order valence-corrected chi connectivity index (χ4v) is 4.53. The highest BCUT2D eigenvalue weighted by Crippen LogP contribution is 2.18. The van der Waals surface area contributed by atoms with Crippen LogP contribution in [0.2, 0.25) is 0 Å². The van der Waals surface area contributed by atoms with E-state index in [1.54, 1.807) is 0 Å². The topological polar surface area (TPSA) is 118 Å². The van der Waals surface area contributed by atoms with Gasteiger partial charge in [0.25, 0.3) is 0 Å². The van der Waals surface area contributed by atoms with Gasteiger partial charge in [0.2, 0.25) is 17.8 Å². The van der Waals surface area contributed by atoms with Crippen molar-refractivity contribution in [1.82, 2.24) is 15.0 Å². The Kier molecular flexibility index (Phi) is 13.5. The smallest absolute Gasteiger partial charge is 0.231 e. The zero-order chi connectivity index (χ0) is 27.7. The van der Waals surface area contributed by atoms with Crippen molar-refractivity contribution in [2.24, 2.45) is 11.5 Å². The van der Waals surface area contributed by atoms with Crippen LogP contribution >= 0.6 is 0 Å². The fourth-order valence-electron chi connectivity index (χ4n) is 4.53. The highest BCUT2D eigenvalue weighted by molar-refractivity contribution is 5.45. The molecule has 1 heterocycles. The molecule has 0 unspecified atom stereocenters. The lowest BCUT2D eigenvalue weighted by Gasteiger charge is -2.24. The first-order valence-corrected chi connectivity index (χ1v) is 14.7. The molecule has 1 aromatic heterocycles. The number of benzene rings is 2. The molecule has 0 aliphatic heterocycles. The summed E-state index contributed by atoms with van der Waals surface area (Å²) in [6.45, 7) is 8.67. The molecule has 0 aliphatic carbocycles. The van der Waals surface area contributed by atoms with E-state index in [4.69, 9.17) is 26.4 Å². The first-order chi connectivity index (χ1) is 19.1. The van der Waals surface area contributed by atoms with Crippen molar-refractivity contribution in [1.29, 1.82) is 0 Å². The summed E-state index contributed by atoms with van der Waals surface area (Å²) in [4.78, 5) is 16.8.